The van der Waals surface area contributed by atoms with Crippen molar-refractivity contribution in [2.45, 2.75) is 34.2 Å². The zero-order valence-corrected chi connectivity index (χ0v) is 20.5. The minimum Gasteiger partial charge on any atom is -0.490 e. The molecule has 0 unspecified atom stereocenters. The summed E-state index contributed by atoms with van der Waals surface area (Å²) in [6.07, 6.45) is 0. The lowest BCUT2D eigenvalue weighted by molar-refractivity contribution is -0.118. The summed E-state index contributed by atoms with van der Waals surface area (Å²) in [7, 11) is 0. The van der Waals surface area contributed by atoms with E-state index in [0.29, 0.717) is 24.7 Å². The van der Waals surface area contributed by atoms with Crippen LogP contribution in [0, 0.1) is 20.8 Å². The molecule has 0 bridgehead atoms. The van der Waals surface area contributed by atoms with E-state index in [1.165, 1.54) is 11.1 Å². The number of carbonyl (C=O) groups is 1. The molecule has 6 heteroatoms. The van der Waals surface area contributed by atoms with Crippen molar-refractivity contribution in [2.24, 2.45) is 0 Å². The van der Waals surface area contributed by atoms with E-state index in [4.69, 9.17) is 9.47 Å². The first-order valence-corrected chi connectivity index (χ1v) is 11.4. The Morgan fingerprint density at radius 2 is 1.75 bits per heavy atom. The van der Waals surface area contributed by atoms with Crippen LogP contribution in [0.25, 0.3) is 0 Å². The standard InChI is InChI=1S/C26H29BrN2O3/c1-5-31-24-14-20(15-28-23-12-18(3)9-10-19(23)4)13-22(27)26(24)32-16-25(30)29-21-8-6-7-17(2)11-21/h6-14,28H,5,15-16H2,1-4H3,(H,29,30). The number of hydrogen-bond donors (Lipinski definition) is 2. The highest BCUT2D eigenvalue weighted by atomic mass is 79.9. The Kier molecular flexibility index (Phi) is 8.17. The van der Waals surface area contributed by atoms with E-state index in [-0.39, 0.29) is 12.5 Å². The number of carbonyl (C=O) groups excluding carboxylic acids is 1. The third-order valence-corrected chi connectivity index (χ3v) is 5.48. The predicted octanol–water partition coefficient (Wildman–Crippen LogP) is 6.40. The van der Waals surface area contributed by atoms with Gasteiger partial charge in [-0.05, 0) is 96.2 Å². The second-order valence-electron chi connectivity index (χ2n) is 7.72. The molecular formula is C26H29BrN2O3. The molecule has 0 spiro atoms. The van der Waals surface area contributed by atoms with Gasteiger partial charge in [0.1, 0.15) is 0 Å². The number of aryl methyl sites for hydroxylation is 3. The molecule has 3 aromatic carbocycles. The van der Waals surface area contributed by atoms with Gasteiger partial charge in [0.15, 0.2) is 18.1 Å². The van der Waals surface area contributed by atoms with Crippen molar-refractivity contribution in [1.29, 1.82) is 0 Å². The Morgan fingerprint density at radius 3 is 2.50 bits per heavy atom. The van der Waals surface area contributed by atoms with Crippen LogP contribution in [0.4, 0.5) is 11.4 Å². The third-order valence-electron chi connectivity index (χ3n) is 4.89. The van der Waals surface area contributed by atoms with E-state index >= 15 is 0 Å². The van der Waals surface area contributed by atoms with Crippen LogP contribution in [-0.2, 0) is 11.3 Å². The Labute approximate surface area is 198 Å². The number of ether oxygens (including phenoxy) is 2. The molecule has 0 aromatic heterocycles. The predicted molar refractivity (Wildman–Crippen MR) is 134 cm³/mol. The fourth-order valence-corrected chi connectivity index (χ4v) is 3.91. The fraction of sp³-hybridized carbons (Fsp3) is 0.269. The average molecular weight is 497 g/mol. The van der Waals surface area contributed by atoms with Crippen LogP contribution in [0.15, 0.2) is 59.1 Å². The summed E-state index contributed by atoms with van der Waals surface area (Å²) in [6, 6.07) is 17.9. The first-order valence-electron chi connectivity index (χ1n) is 10.6. The Bertz CT molecular complexity index is 1100. The number of halogens is 1. The highest BCUT2D eigenvalue weighted by molar-refractivity contribution is 9.10. The van der Waals surface area contributed by atoms with Gasteiger partial charge >= 0.3 is 0 Å². The lowest BCUT2D eigenvalue weighted by Crippen LogP contribution is -2.20. The molecule has 32 heavy (non-hydrogen) atoms. The summed E-state index contributed by atoms with van der Waals surface area (Å²) in [5, 5.41) is 6.34. The van der Waals surface area contributed by atoms with Crippen molar-refractivity contribution in [1.82, 2.24) is 0 Å². The molecule has 168 valence electrons. The highest BCUT2D eigenvalue weighted by Crippen LogP contribution is 2.37. The number of hydrogen-bond acceptors (Lipinski definition) is 4. The number of rotatable bonds is 9. The van der Waals surface area contributed by atoms with Crippen LogP contribution < -0.4 is 20.1 Å². The number of anilines is 2. The van der Waals surface area contributed by atoms with E-state index in [9.17, 15) is 4.79 Å². The molecule has 3 aromatic rings. The Morgan fingerprint density at radius 1 is 0.969 bits per heavy atom. The monoisotopic (exact) mass is 496 g/mol. The molecule has 5 nitrogen and oxygen atoms in total. The van der Waals surface area contributed by atoms with Gasteiger partial charge in [0.05, 0.1) is 11.1 Å². The van der Waals surface area contributed by atoms with Crippen LogP contribution in [-0.4, -0.2) is 19.1 Å². The summed E-state index contributed by atoms with van der Waals surface area (Å²) in [4.78, 5) is 12.4. The van der Waals surface area contributed by atoms with Crippen molar-refractivity contribution < 1.29 is 14.3 Å². The van der Waals surface area contributed by atoms with Crippen molar-refractivity contribution in [3.63, 3.8) is 0 Å². The molecule has 0 fully saturated rings. The van der Waals surface area contributed by atoms with Gasteiger partial charge in [-0.15, -0.1) is 0 Å². The van der Waals surface area contributed by atoms with Crippen LogP contribution in [0.1, 0.15) is 29.2 Å². The Balaban J connectivity index is 1.69. The molecule has 2 N–H and O–H groups in total. The number of benzene rings is 3. The molecule has 0 heterocycles. The quantitative estimate of drug-likeness (QED) is 0.359. The van der Waals surface area contributed by atoms with Gasteiger partial charge in [0.2, 0.25) is 0 Å². The molecule has 1 amide bonds. The maximum Gasteiger partial charge on any atom is 0.262 e. The van der Waals surface area contributed by atoms with Gasteiger partial charge in [0, 0.05) is 17.9 Å². The molecule has 0 aliphatic heterocycles. The summed E-state index contributed by atoms with van der Waals surface area (Å²) in [6.45, 7) is 9.07. The minimum atomic E-state index is -0.231. The highest BCUT2D eigenvalue weighted by Gasteiger charge is 2.15. The topological polar surface area (TPSA) is 59.6 Å². The lowest BCUT2D eigenvalue weighted by atomic mass is 10.1. The van der Waals surface area contributed by atoms with Crippen molar-refractivity contribution >= 4 is 33.2 Å². The summed E-state index contributed by atoms with van der Waals surface area (Å²) in [5.74, 6) is 0.885. The van der Waals surface area contributed by atoms with Gasteiger partial charge in [0.25, 0.3) is 5.91 Å². The summed E-state index contributed by atoms with van der Waals surface area (Å²) < 4.78 is 12.4. The minimum absolute atomic E-state index is 0.118. The number of nitrogens with one attached hydrogen (secondary N) is 2. The Hall–Kier alpha value is -2.99. The zero-order valence-electron chi connectivity index (χ0n) is 18.9. The number of amides is 1. The smallest absolute Gasteiger partial charge is 0.262 e. The second-order valence-corrected chi connectivity index (χ2v) is 8.57. The molecule has 0 atom stereocenters. The van der Waals surface area contributed by atoms with E-state index in [1.807, 2.05) is 50.2 Å². The van der Waals surface area contributed by atoms with Crippen molar-refractivity contribution in [3.05, 3.63) is 81.3 Å². The summed E-state index contributed by atoms with van der Waals surface area (Å²) >= 11 is 3.58. The van der Waals surface area contributed by atoms with Gasteiger partial charge in [-0.2, -0.15) is 0 Å². The third kappa shape index (κ3) is 6.50. The van der Waals surface area contributed by atoms with Crippen LogP contribution in [0.2, 0.25) is 0 Å². The molecule has 3 rings (SSSR count). The molecular weight excluding hydrogens is 468 g/mol. The van der Waals surface area contributed by atoms with Crippen LogP contribution in [0.5, 0.6) is 11.5 Å². The van der Waals surface area contributed by atoms with Gasteiger partial charge in [-0.3, -0.25) is 4.79 Å². The van der Waals surface area contributed by atoms with Crippen molar-refractivity contribution in [2.75, 3.05) is 23.8 Å². The lowest BCUT2D eigenvalue weighted by Gasteiger charge is -2.16. The summed E-state index contributed by atoms with van der Waals surface area (Å²) in [5.41, 5.74) is 6.37. The van der Waals surface area contributed by atoms with Gasteiger partial charge < -0.3 is 20.1 Å². The normalized spacial score (nSPS) is 10.5. The van der Waals surface area contributed by atoms with E-state index in [1.54, 1.807) is 0 Å². The SMILES string of the molecule is CCOc1cc(CNc2cc(C)ccc2C)cc(Br)c1OCC(=O)Nc1cccc(C)c1. The van der Waals surface area contributed by atoms with Gasteiger partial charge in [-0.1, -0.05) is 24.3 Å². The molecule has 0 radical (unpaired) electrons. The van der Waals surface area contributed by atoms with E-state index in [2.05, 4.69) is 58.6 Å². The first kappa shape index (κ1) is 23.7. The molecule has 0 saturated carbocycles. The second kappa shape index (κ2) is 11.0. The average Bonchev–Trinajstić information content (AvgIpc) is 2.74. The molecule has 0 aliphatic carbocycles. The van der Waals surface area contributed by atoms with Crippen LogP contribution >= 0.6 is 15.9 Å². The largest absolute Gasteiger partial charge is 0.490 e. The molecule has 0 aliphatic rings. The van der Waals surface area contributed by atoms with E-state index in [0.717, 1.165) is 27.0 Å². The maximum absolute atomic E-state index is 12.4. The molecule has 0 saturated heterocycles. The van der Waals surface area contributed by atoms with Crippen molar-refractivity contribution in [3.8, 4) is 11.5 Å². The van der Waals surface area contributed by atoms with Gasteiger partial charge in [-0.25, -0.2) is 0 Å². The fourth-order valence-electron chi connectivity index (χ4n) is 3.31. The zero-order chi connectivity index (χ0) is 23.1. The van der Waals surface area contributed by atoms with Crippen LogP contribution in [0.3, 0.4) is 0 Å². The van der Waals surface area contributed by atoms with E-state index < -0.39 is 0 Å². The maximum atomic E-state index is 12.4. The first-order chi connectivity index (χ1) is 15.4.